The Morgan fingerprint density at radius 3 is 2.75 bits per heavy atom. The predicted octanol–water partition coefficient (Wildman–Crippen LogP) is 1.47. The lowest BCUT2D eigenvalue weighted by Crippen LogP contribution is -2.38. The van der Waals surface area contributed by atoms with Gasteiger partial charge in [-0.05, 0) is 25.1 Å². The Balaban J connectivity index is 2.33. The number of nitrogens with one attached hydrogen (secondary N) is 2. The highest BCUT2D eigenvalue weighted by atomic mass is 16.1. The third kappa shape index (κ3) is 4.64. The number of amides is 1. The van der Waals surface area contributed by atoms with Crippen molar-refractivity contribution in [3.05, 3.63) is 48.7 Å². The maximum absolute atomic E-state index is 11.4. The molecule has 3 heteroatoms. The first-order valence-corrected chi connectivity index (χ1v) is 5.40. The van der Waals surface area contributed by atoms with Crippen LogP contribution >= 0.6 is 0 Å². The molecule has 0 saturated carbocycles. The first-order chi connectivity index (χ1) is 7.72. The fraction of sp³-hybridized carbons (Fsp3) is 0.308. The molecule has 0 heterocycles. The lowest BCUT2D eigenvalue weighted by Gasteiger charge is -2.13. The van der Waals surface area contributed by atoms with E-state index in [2.05, 4.69) is 29.3 Å². The summed E-state index contributed by atoms with van der Waals surface area (Å²) in [5.74, 6) is -0.0108. The number of rotatable bonds is 6. The summed E-state index contributed by atoms with van der Waals surface area (Å²) in [4.78, 5) is 11.4. The van der Waals surface area contributed by atoms with Crippen LogP contribution in [0.4, 0.5) is 0 Å². The molecular formula is C13H18N2O. The number of hydrogen-bond donors (Lipinski definition) is 2. The average Bonchev–Trinajstić information content (AvgIpc) is 2.27. The van der Waals surface area contributed by atoms with Crippen LogP contribution in [0, 0.1) is 0 Å². The van der Waals surface area contributed by atoms with Gasteiger partial charge in [-0.1, -0.05) is 36.9 Å². The molecule has 1 amide bonds. The third-order valence-corrected chi connectivity index (χ3v) is 2.20. The van der Waals surface area contributed by atoms with Crippen molar-refractivity contribution in [2.24, 2.45) is 0 Å². The Labute approximate surface area is 96.6 Å². The van der Waals surface area contributed by atoms with Gasteiger partial charge < -0.3 is 10.6 Å². The van der Waals surface area contributed by atoms with E-state index in [0.717, 1.165) is 6.42 Å². The SMILES string of the molecule is C=CNCC(=O)NC(C)Cc1ccccc1. The van der Waals surface area contributed by atoms with Crippen LogP contribution in [0.1, 0.15) is 12.5 Å². The van der Waals surface area contributed by atoms with E-state index in [-0.39, 0.29) is 18.5 Å². The highest BCUT2D eigenvalue weighted by molar-refractivity contribution is 5.78. The summed E-state index contributed by atoms with van der Waals surface area (Å²) in [6.45, 7) is 5.77. The smallest absolute Gasteiger partial charge is 0.239 e. The molecular weight excluding hydrogens is 200 g/mol. The number of carbonyl (C=O) groups excluding carboxylic acids is 1. The van der Waals surface area contributed by atoms with Gasteiger partial charge in [-0.3, -0.25) is 4.79 Å². The second kappa shape index (κ2) is 6.67. The fourth-order valence-corrected chi connectivity index (χ4v) is 1.51. The molecule has 0 fully saturated rings. The molecule has 0 spiro atoms. The quantitative estimate of drug-likeness (QED) is 0.759. The lowest BCUT2D eigenvalue weighted by atomic mass is 10.1. The predicted molar refractivity (Wildman–Crippen MR) is 66.0 cm³/mol. The minimum Gasteiger partial charge on any atom is -0.383 e. The van der Waals surface area contributed by atoms with Crippen LogP contribution in [0.5, 0.6) is 0 Å². The van der Waals surface area contributed by atoms with Gasteiger partial charge in [0.1, 0.15) is 0 Å². The topological polar surface area (TPSA) is 41.1 Å². The Kier molecular flexibility index (Phi) is 5.12. The Morgan fingerprint density at radius 2 is 2.12 bits per heavy atom. The molecule has 1 rings (SSSR count). The molecule has 1 atom stereocenters. The highest BCUT2D eigenvalue weighted by Crippen LogP contribution is 2.02. The van der Waals surface area contributed by atoms with Crippen molar-refractivity contribution >= 4 is 5.91 Å². The van der Waals surface area contributed by atoms with Crippen LogP contribution in [0.25, 0.3) is 0 Å². The molecule has 3 nitrogen and oxygen atoms in total. The van der Waals surface area contributed by atoms with Crippen LogP contribution in [0.15, 0.2) is 43.1 Å². The van der Waals surface area contributed by atoms with Gasteiger partial charge in [0.15, 0.2) is 0 Å². The summed E-state index contributed by atoms with van der Waals surface area (Å²) in [5.41, 5.74) is 1.23. The van der Waals surface area contributed by atoms with E-state index in [4.69, 9.17) is 0 Å². The summed E-state index contributed by atoms with van der Waals surface area (Å²) in [6.07, 6.45) is 2.36. The average molecular weight is 218 g/mol. The Morgan fingerprint density at radius 1 is 1.44 bits per heavy atom. The lowest BCUT2D eigenvalue weighted by molar-refractivity contribution is -0.120. The van der Waals surface area contributed by atoms with Crippen LogP contribution < -0.4 is 10.6 Å². The zero-order valence-electron chi connectivity index (χ0n) is 9.57. The standard InChI is InChI=1S/C13H18N2O/c1-3-14-10-13(16)15-11(2)9-12-7-5-4-6-8-12/h3-8,11,14H,1,9-10H2,2H3,(H,15,16). The normalized spacial score (nSPS) is 11.6. The van der Waals surface area contributed by atoms with E-state index in [1.165, 1.54) is 11.8 Å². The van der Waals surface area contributed by atoms with Gasteiger partial charge >= 0.3 is 0 Å². The molecule has 0 radical (unpaired) electrons. The van der Waals surface area contributed by atoms with Gasteiger partial charge in [0.05, 0.1) is 6.54 Å². The van der Waals surface area contributed by atoms with E-state index < -0.39 is 0 Å². The summed E-state index contributed by atoms with van der Waals surface area (Å²) in [7, 11) is 0. The van der Waals surface area contributed by atoms with Gasteiger partial charge in [0.25, 0.3) is 0 Å². The van der Waals surface area contributed by atoms with Crippen molar-refractivity contribution in [1.29, 1.82) is 0 Å². The van der Waals surface area contributed by atoms with Gasteiger partial charge in [-0.25, -0.2) is 0 Å². The van der Waals surface area contributed by atoms with Crippen molar-refractivity contribution in [3.63, 3.8) is 0 Å². The van der Waals surface area contributed by atoms with Gasteiger partial charge in [0.2, 0.25) is 5.91 Å². The van der Waals surface area contributed by atoms with Crippen molar-refractivity contribution in [3.8, 4) is 0 Å². The molecule has 0 aliphatic heterocycles. The molecule has 0 bridgehead atoms. The molecule has 0 aromatic heterocycles. The maximum Gasteiger partial charge on any atom is 0.239 e. The fourth-order valence-electron chi connectivity index (χ4n) is 1.51. The monoisotopic (exact) mass is 218 g/mol. The minimum absolute atomic E-state index is 0.0108. The molecule has 1 aromatic carbocycles. The number of hydrogen-bond acceptors (Lipinski definition) is 2. The minimum atomic E-state index is -0.0108. The summed E-state index contributed by atoms with van der Waals surface area (Å²) >= 11 is 0. The van der Waals surface area contributed by atoms with Gasteiger partial charge in [-0.15, -0.1) is 0 Å². The first kappa shape index (κ1) is 12.3. The maximum atomic E-state index is 11.4. The molecule has 86 valence electrons. The van der Waals surface area contributed by atoms with Gasteiger partial charge in [0, 0.05) is 6.04 Å². The second-order valence-electron chi connectivity index (χ2n) is 3.74. The molecule has 1 unspecified atom stereocenters. The summed E-state index contributed by atoms with van der Waals surface area (Å²) < 4.78 is 0. The Bertz CT molecular complexity index is 335. The third-order valence-electron chi connectivity index (χ3n) is 2.20. The molecule has 0 aliphatic carbocycles. The molecule has 0 saturated heterocycles. The van der Waals surface area contributed by atoms with Crippen molar-refractivity contribution in [2.45, 2.75) is 19.4 Å². The summed E-state index contributed by atoms with van der Waals surface area (Å²) in [5, 5.41) is 5.68. The van der Waals surface area contributed by atoms with Crippen molar-refractivity contribution in [1.82, 2.24) is 10.6 Å². The number of carbonyl (C=O) groups is 1. The number of benzene rings is 1. The van der Waals surface area contributed by atoms with Crippen LogP contribution in [0.2, 0.25) is 0 Å². The Hall–Kier alpha value is -1.77. The molecule has 1 aromatic rings. The highest BCUT2D eigenvalue weighted by Gasteiger charge is 2.06. The van der Waals surface area contributed by atoms with Crippen molar-refractivity contribution in [2.75, 3.05) is 6.54 Å². The van der Waals surface area contributed by atoms with Gasteiger partial charge in [-0.2, -0.15) is 0 Å². The molecule has 16 heavy (non-hydrogen) atoms. The zero-order valence-corrected chi connectivity index (χ0v) is 9.57. The second-order valence-corrected chi connectivity index (χ2v) is 3.74. The zero-order chi connectivity index (χ0) is 11.8. The van der Waals surface area contributed by atoms with Crippen LogP contribution in [-0.4, -0.2) is 18.5 Å². The van der Waals surface area contributed by atoms with E-state index >= 15 is 0 Å². The van der Waals surface area contributed by atoms with E-state index in [0.29, 0.717) is 0 Å². The van der Waals surface area contributed by atoms with E-state index in [1.807, 2.05) is 25.1 Å². The largest absolute Gasteiger partial charge is 0.383 e. The van der Waals surface area contributed by atoms with E-state index in [1.54, 1.807) is 0 Å². The summed E-state index contributed by atoms with van der Waals surface area (Å²) in [6, 6.07) is 10.3. The molecule has 2 N–H and O–H groups in total. The van der Waals surface area contributed by atoms with E-state index in [9.17, 15) is 4.79 Å². The first-order valence-electron chi connectivity index (χ1n) is 5.40. The molecule has 0 aliphatic rings. The van der Waals surface area contributed by atoms with Crippen molar-refractivity contribution < 1.29 is 4.79 Å². The van der Waals surface area contributed by atoms with Crippen LogP contribution in [-0.2, 0) is 11.2 Å². The van der Waals surface area contributed by atoms with Crippen LogP contribution in [0.3, 0.4) is 0 Å².